The zero-order valence-electron chi connectivity index (χ0n) is 10.4. The number of nitrogens with one attached hydrogen (secondary N) is 2. The highest BCUT2D eigenvalue weighted by atomic mass is 79.9. The molecule has 0 spiro atoms. The van der Waals surface area contributed by atoms with Crippen LogP contribution in [0.3, 0.4) is 0 Å². The molecular formula is C13H19BrN2O2. The molecule has 0 radical (unpaired) electrons. The summed E-state index contributed by atoms with van der Waals surface area (Å²) in [5.41, 5.74) is 0.778. The van der Waals surface area contributed by atoms with Gasteiger partial charge in [0.05, 0.1) is 12.6 Å². The minimum absolute atomic E-state index is 0.0647. The van der Waals surface area contributed by atoms with Crippen LogP contribution in [-0.4, -0.2) is 30.2 Å². The van der Waals surface area contributed by atoms with Crippen molar-refractivity contribution in [3.63, 3.8) is 0 Å². The van der Waals surface area contributed by atoms with Crippen molar-refractivity contribution in [2.24, 2.45) is 0 Å². The fourth-order valence-electron chi connectivity index (χ4n) is 1.50. The number of carbonyl (C=O) groups excluding carboxylic acids is 1. The fourth-order valence-corrected chi connectivity index (χ4v) is 1.90. The second-order valence-electron chi connectivity index (χ2n) is 4.23. The van der Waals surface area contributed by atoms with E-state index in [1.54, 1.807) is 6.92 Å². The van der Waals surface area contributed by atoms with E-state index in [2.05, 4.69) is 26.6 Å². The van der Waals surface area contributed by atoms with Crippen LogP contribution in [-0.2, 0) is 4.79 Å². The predicted octanol–water partition coefficient (Wildman–Crippen LogP) is 2.14. The lowest BCUT2D eigenvalue weighted by Gasteiger charge is -2.07. The number of rotatable bonds is 7. The Labute approximate surface area is 116 Å². The van der Waals surface area contributed by atoms with Gasteiger partial charge in [0.25, 0.3) is 0 Å². The lowest BCUT2D eigenvalue weighted by Crippen LogP contribution is -2.29. The van der Waals surface area contributed by atoms with E-state index in [0.29, 0.717) is 0 Å². The van der Waals surface area contributed by atoms with Crippen LogP contribution in [0.1, 0.15) is 19.8 Å². The standard InChI is InChI=1S/C13H19BrN2O2/c1-10(17)4-3-7-15-9-13(18)16-12-6-2-5-11(14)8-12/h2,5-6,8,10,15,17H,3-4,7,9H2,1H3,(H,16,18). The van der Waals surface area contributed by atoms with Crippen molar-refractivity contribution in [2.45, 2.75) is 25.9 Å². The Morgan fingerprint density at radius 2 is 2.28 bits per heavy atom. The molecule has 1 unspecified atom stereocenters. The van der Waals surface area contributed by atoms with E-state index in [0.717, 1.165) is 29.5 Å². The molecule has 100 valence electrons. The molecule has 0 aromatic heterocycles. The molecule has 1 atom stereocenters. The molecule has 0 fully saturated rings. The molecule has 1 rings (SSSR count). The van der Waals surface area contributed by atoms with E-state index < -0.39 is 0 Å². The molecule has 0 aliphatic rings. The molecule has 3 N–H and O–H groups in total. The van der Waals surface area contributed by atoms with Crippen molar-refractivity contribution in [3.05, 3.63) is 28.7 Å². The summed E-state index contributed by atoms with van der Waals surface area (Å²) < 4.78 is 0.935. The quantitative estimate of drug-likeness (QED) is 0.676. The van der Waals surface area contributed by atoms with Gasteiger partial charge in [0.1, 0.15) is 0 Å². The van der Waals surface area contributed by atoms with Gasteiger partial charge in [-0.15, -0.1) is 0 Å². The molecule has 0 aliphatic heterocycles. The largest absolute Gasteiger partial charge is 0.393 e. The van der Waals surface area contributed by atoms with Gasteiger partial charge in [0.2, 0.25) is 5.91 Å². The van der Waals surface area contributed by atoms with Crippen LogP contribution in [0.4, 0.5) is 5.69 Å². The van der Waals surface area contributed by atoms with Gasteiger partial charge in [-0.05, 0) is 44.5 Å². The summed E-state index contributed by atoms with van der Waals surface area (Å²) in [7, 11) is 0. The average molecular weight is 315 g/mol. The zero-order valence-corrected chi connectivity index (χ0v) is 12.0. The van der Waals surface area contributed by atoms with Crippen LogP contribution in [0.5, 0.6) is 0 Å². The smallest absolute Gasteiger partial charge is 0.238 e. The van der Waals surface area contributed by atoms with Gasteiger partial charge in [-0.3, -0.25) is 4.79 Å². The summed E-state index contributed by atoms with van der Waals surface area (Å²) in [6.07, 6.45) is 1.34. The first kappa shape index (κ1) is 15.1. The molecule has 1 amide bonds. The van der Waals surface area contributed by atoms with Crippen LogP contribution in [0, 0.1) is 0 Å². The summed E-state index contributed by atoms with van der Waals surface area (Å²) in [6.45, 7) is 2.78. The Morgan fingerprint density at radius 3 is 2.94 bits per heavy atom. The van der Waals surface area contributed by atoms with E-state index in [9.17, 15) is 4.79 Å². The molecule has 0 saturated heterocycles. The first-order valence-electron chi connectivity index (χ1n) is 6.02. The number of aliphatic hydroxyl groups excluding tert-OH is 1. The molecule has 0 saturated carbocycles. The van der Waals surface area contributed by atoms with Crippen molar-refractivity contribution in [2.75, 3.05) is 18.4 Å². The number of hydrogen-bond donors (Lipinski definition) is 3. The second kappa shape index (κ2) is 8.24. The monoisotopic (exact) mass is 314 g/mol. The Kier molecular flexibility index (Phi) is 6.93. The summed E-state index contributed by atoms with van der Waals surface area (Å²) >= 11 is 3.35. The Bertz CT molecular complexity index is 383. The van der Waals surface area contributed by atoms with Crippen LogP contribution in [0.2, 0.25) is 0 Å². The van der Waals surface area contributed by atoms with Gasteiger partial charge in [-0.1, -0.05) is 22.0 Å². The van der Waals surface area contributed by atoms with Gasteiger partial charge >= 0.3 is 0 Å². The minimum atomic E-state index is -0.276. The SMILES string of the molecule is CC(O)CCCNCC(=O)Nc1cccc(Br)c1. The number of hydrogen-bond acceptors (Lipinski definition) is 3. The summed E-state index contributed by atoms with van der Waals surface area (Å²) in [5.74, 6) is -0.0647. The van der Waals surface area contributed by atoms with Crippen molar-refractivity contribution in [1.82, 2.24) is 5.32 Å². The highest BCUT2D eigenvalue weighted by Gasteiger charge is 2.02. The van der Waals surface area contributed by atoms with E-state index in [1.165, 1.54) is 0 Å². The molecule has 4 nitrogen and oxygen atoms in total. The number of anilines is 1. The van der Waals surface area contributed by atoms with E-state index in [4.69, 9.17) is 5.11 Å². The molecule has 0 bridgehead atoms. The second-order valence-corrected chi connectivity index (χ2v) is 5.14. The topological polar surface area (TPSA) is 61.4 Å². The molecular weight excluding hydrogens is 296 g/mol. The van der Waals surface area contributed by atoms with Gasteiger partial charge in [-0.2, -0.15) is 0 Å². The minimum Gasteiger partial charge on any atom is -0.393 e. The molecule has 1 aromatic rings. The van der Waals surface area contributed by atoms with Crippen LogP contribution < -0.4 is 10.6 Å². The van der Waals surface area contributed by atoms with Crippen molar-refractivity contribution in [1.29, 1.82) is 0 Å². The third kappa shape index (κ3) is 6.74. The Balaban J connectivity index is 2.18. The maximum Gasteiger partial charge on any atom is 0.238 e. The first-order valence-corrected chi connectivity index (χ1v) is 6.81. The fraction of sp³-hybridized carbons (Fsp3) is 0.462. The summed E-state index contributed by atoms with van der Waals surface area (Å²) in [5, 5.41) is 14.9. The number of aliphatic hydroxyl groups is 1. The molecule has 18 heavy (non-hydrogen) atoms. The van der Waals surface area contributed by atoms with Crippen molar-refractivity contribution < 1.29 is 9.90 Å². The van der Waals surface area contributed by atoms with Crippen LogP contribution in [0.25, 0.3) is 0 Å². The van der Waals surface area contributed by atoms with E-state index in [1.807, 2.05) is 24.3 Å². The first-order chi connectivity index (χ1) is 8.58. The van der Waals surface area contributed by atoms with Gasteiger partial charge in [0, 0.05) is 10.2 Å². The van der Waals surface area contributed by atoms with Crippen LogP contribution in [0.15, 0.2) is 28.7 Å². The van der Waals surface area contributed by atoms with Gasteiger partial charge in [-0.25, -0.2) is 0 Å². The third-order valence-corrected chi connectivity index (χ3v) is 2.86. The normalized spacial score (nSPS) is 12.2. The van der Waals surface area contributed by atoms with Crippen molar-refractivity contribution >= 4 is 27.5 Å². The van der Waals surface area contributed by atoms with Crippen molar-refractivity contribution in [3.8, 4) is 0 Å². The lowest BCUT2D eigenvalue weighted by atomic mass is 10.2. The number of amides is 1. The van der Waals surface area contributed by atoms with E-state index >= 15 is 0 Å². The number of benzene rings is 1. The predicted molar refractivity (Wildman–Crippen MR) is 76.6 cm³/mol. The average Bonchev–Trinajstić information content (AvgIpc) is 2.28. The molecule has 0 heterocycles. The summed E-state index contributed by atoms with van der Waals surface area (Å²) in [6, 6.07) is 7.47. The lowest BCUT2D eigenvalue weighted by molar-refractivity contribution is -0.115. The Hall–Kier alpha value is -0.910. The maximum atomic E-state index is 11.6. The zero-order chi connectivity index (χ0) is 13.4. The van der Waals surface area contributed by atoms with E-state index in [-0.39, 0.29) is 18.6 Å². The van der Waals surface area contributed by atoms with Gasteiger partial charge < -0.3 is 15.7 Å². The Morgan fingerprint density at radius 1 is 1.50 bits per heavy atom. The molecule has 0 aliphatic carbocycles. The van der Waals surface area contributed by atoms with Crippen LogP contribution >= 0.6 is 15.9 Å². The number of halogens is 1. The summed E-state index contributed by atoms with van der Waals surface area (Å²) in [4.78, 5) is 11.6. The van der Waals surface area contributed by atoms with Gasteiger partial charge in [0.15, 0.2) is 0 Å². The highest BCUT2D eigenvalue weighted by molar-refractivity contribution is 9.10. The third-order valence-electron chi connectivity index (χ3n) is 2.37. The number of carbonyl (C=O) groups is 1. The maximum absolute atomic E-state index is 11.6. The highest BCUT2D eigenvalue weighted by Crippen LogP contribution is 2.15. The molecule has 5 heteroatoms. The molecule has 1 aromatic carbocycles.